The first-order chi connectivity index (χ1) is 15.5. The summed E-state index contributed by atoms with van der Waals surface area (Å²) >= 11 is 0. The van der Waals surface area contributed by atoms with Crippen LogP contribution < -0.4 is 15.4 Å². The Morgan fingerprint density at radius 2 is 2.28 bits per heavy atom. The zero-order chi connectivity index (χ0) is 22.7. The van der Waals surface area contributed by atoms with E-state index in [1.807, 2.05) is 13.8 Å². The van der Waals surface area contributed by atoms with Crippen molar-refractivity contribution in [2.45, 2.75) is 20.0 Å². The number of morpholine rings is 1. The van der Waals surface area contributed by atoms with Crippen LogP contribution in [-0.2, 0) is 4.74 Å². The Morgan fingerprint density at radius 1 is 1.44 bits per heavy atom. The van der Waals surface area contributed by atoms with E-state index in [0.717, 1.165) is 0 Å². The van der Waals surface area contributed by atoms with Gasteiger partial charge in [-0.1, -0.05) is 0 Å². The Kier molecular flexibility index (Phi) is 6.09. The van der Waals surface area contributed by atoms with Gasteiger partial charge in [-0.15, -0.1) is 0 Å². The van der Waals surface area contributed by atoms with Gasteiger partial charge in [0.2, 0.25) is 5.95 Å². The normalized spacial score (nSPS) is 15.9. The van der Waals surface area contributed by atoms with E-state index in [9.17, 15) is 10.1 Å². The number of hydrogen-bond acceptors (Lipinski definition) is 8. The Bertz CT molecular complexity index is 1180. The van der Waals surface area contributed by atoms with Crippen molar-refractivity contribution >= 4 is 34.4 Å². The molecule has 0 saturated carbocycles. The summed E-state index contributed by atoms with van der Waals surface area (Å²) in [5.74, 6) is 1.33. The largest absolute Gasteiger partial charge is 0.495 e. The molecule has 3 N–H and O–H groups in total. The Balaban J connectivity index is 1.62. The fraction of sp³-hybridized carbons (Fsp3) is 0.364. The average Bonchev–Trinajstić information content (AvgIpc) is 3.22. The molecule has 1 aliphatic heterocycles. The van der Waals surface area contributed by atoms with Gasteiger partial charge in [-0.25, -0.2) is 0 Å². The van der Waals surface area contributed by atoms with E-state index >= 15 is 0 Å². The molecule has 1 saturated heterocycles. The number of H-pyrrole nitrogens is 1. The molecule has 0 aliphatic carbocycles. The van der Waals surface area contributed by atoms with Crippen LogP contribution in [0.15, 0.2) is 24.4 Å². The van der Waals surface area contributed by atoms with Crippen molar-refractivity contribution in [2.75, 3.05) is 44.0 Å². The molecular formula is C22H25N7O3. The van der Waals surface area contributed by atoms with Crippen molar-refractivity contribution < 1.29 is 14.3 Å². The molecule has 2 aromatic heterocycles. The van der Waals surface area contributed by atoms with Crippen molar-refractivity contribution in [1.82, 2.24) is 19.9 Å². The second-order valence-electron chi connectivity index (χ2n) is 7.44. The first kappa shape index (κ1) is 21.4. The number of nitriles is 1. The molecule has 0 bridgehead atoms. The maximum absolute atomic E-state index is 12.9. The van der Waals surface area contributed by atoms with Gasteiger partial charge in [0, 0.05) is 31.4 Å². The van der Waals surface area contributed by atoms with E-state index in [4.69, 9.17) is 9.47 Å². The summed E-state index contributed by atoms with van der Waals surface area (Å²) in [7, 11) is 1.55. The second-order valence-corrected chi connectivity index (χ2v) is 7.44. The van der Waals surface area contributed by atoms with Crippen LogP contribution in [0, 0.1) is 11.3 Å². The van der Waals surface area contributed by atoms with E-state index in [0.29, 0.717) is 71.6 Å². The van der Waals surface area contributed by atoms with E-state index in [2.05, 4.69) is 31.7 Å². The molecule has 4 rings (SSSR count). The monoisotopic (exact) mass is 435 g/mol. The number of fused-ring (bicyclic) bond motifs is 1. The third kappa shape index (κ3) is 4.15. The van der Waals surface area contributed by atoms with Crippen molar-refractivity contribution in [2.24, 2.45) is 0 Å². The van der Waals surface area contributed by atoms with Crippen molar-refractivity contribution in [3.63, 3.8) is 0 Å². The predicted octanol–water partition coefficient (Wildman–Crippen LogP) is 2.87. The number of aromatic amines is 1. The average molecular weight is 435 g/mol. The highest BCUT2D eigenvalue weighted by molar-refractivity contribution is 5.96. The van der Waals surface area contributed by atoms with Crippen molar-refractivity contribution in [1.29, 1.82) is 5.26 Å². The molecule has 1 fully saturated rings. The summed E-state index contributed by atoms with van der Waals surface area (Å²) in [5.41, 5.74) is 2.17. The number of aromatic nitrogens is 3. The molecule has 10 nitrogen and oxygen atoms in total. The number of benzene rings is 1. The molecule has 166 valence electrons. The van der Waals surface area contributed by atoms with E-state index < -0.39 is 0 Å². The maximum atomic E-state index is 12.9. The molecule has 0 radical (unpaired) electrons. The summed E-state index contributed by atoms with van der Waals surface area (Å²) in [6.07, 6.45) is 1.63. The zero-order valence-electron chi connectivity index (χ0n) is 18.2. The fourth-order valence-electron chi connectivity index (χ4n) is 3.71. The number of carbonyl (C=O) groups excluding carboxylic acids is 1. The van der Waals surface area contributed by atoms with Gasteiger partial charge in [0.25, 0.3) is 5.91 Å². The summed E-state index contributed by atoms with van der Waals surface area (Å²) in [5, 5.41) is 16.3. The minimum atomic E-state index is -0.0625. The number of methoxy groups -OCH3 is 1. The predicted molar refractivity (Wildman–Crippen MR) is 120 cm³/mol. The van der Waals surface area contributed by atoms with E-state index in [1.165, 1.54) is 0 Å². The Hall–Kier alpha value is -3.84. The fourth-order valence-corrected chi connectivity index (χ4v) is 3.71. The lowest BCUT2D eigenvalue weighted by atomic mass is 10.1. The third-order valence-corrected chi connectivity index (χ3v) is 5.22. The first-order valence-electron chi connectivity index (χ1n) is 10.4. The van der Waals surface area contributed by atoms with Gasteiger partial charge in [0.15, 0.2) is 0 Å². The zero-order valence-corrected chi connectivity index (χ0v) is 18.2. The highest BCUT2D eigenvalue weighted by atomic mass is 16.5. The molecule has 1 amide bonds. The van der Waals surface area contributed by atoms with Gasteiger partial charge in [-0.3, -0.25) is 4.79 Å². The molecule has 0 spiro atoms. The van der Waals surface area contributed by atoms with Crippen LogP contribution in [0.25, 0.3) is 11.0 Å². The standard InChI is InChI=1S/C22H25N7O3/c1-4-24-19-18-15(10-23)11-25-20(18)28-22(27-19)26-16-6-5-14(9-17(16)31-3)21(30)29-7-8-32-13(2)12-29/h5-6,9,11,13H,4,7-8,12H2,1-3H3,(H3,24,25,26,27,28)/t13-/m0/s1. The molecule has 1 aromatic carbocycles. The molecule has 3 aromatic rings. The number of nitrogens with one attached hydrogen (secondary N) is 3. The van der Waals surface area contributed by atoms with E-state index in [1.54, 1.807) is 36.4 Å². The Labute approximate surface area is 185 Å². The highest BCUT2D eigenvalue weighted by Crippen LogP contribution is 2.31. The van der Waals surface area contributed by atoms with Crippen LogP contribution in [0.4, 0.5) is 17.5 Å². The quantitative estimate of drug-likeness (QED) is 0.539. The summed E-state index contributed by atoms with van der Waals surface area (Å²) in [6, 6.07) is 7.37. The summed E-state index contributed by atoms with van der Waals surface area (Å²) < 4.78 is 11.0. The molecule has 3 heterocycles. The number of amides is 1. The maximum Gasteiger partial charge on any atom is 0.254 e. The number of anilines is 3. The SMILES string of the molecule is CCNc1nc(Nc2ccc(C(=O)N3CCO[C@@H](C)C3)cc2OC)nc2[nH]cc(C#N)c12. The lowest BCUT2D eigenvalue weighted by Crippen LogP contribution is -2.44. The summed E-state index contributed by atoms with van der Waals surface area (Å²) in [4.78, 5) is 26.7. The minimum absolute atomic E-state index is 0.0167. The summed E-state index contributed by atoms with van der Waals surface area (Å²) in [6.45, 7) is 6.20. The van der Waals surface area contributed by atoms with Crippen LogP contribution in [0.1, 0.15) is 29.8 Å². The topological polar surface area (TPSA) is 128 Å². The molecule has 32 heavy (non-hydrogen) atoms. The molecule has 1 atom stereocenters. The van der Waals surface area contributed by atoms with Crippen LogP contribution in [-0.4, -0.2) is 65.2 Å². The van der Waals surface area contributed by atoms with E-state index in [-0.39, 0.29) is 12.0 Å². The van der Waals surface area contributed by atoms with Crippen LogP contribution in [0.3, 0.4) is 0 Å². The van der Waals surface area contributed by atoms with Gasteiger partial charge in [-0.2, -0.15) is 15.2 Å². The van der Waals surface area contributed by atoms with Crippen LogP contribution in [0.5, 0.6) is 5.75 Å². The molecule has 10 heteroatoms. The third-order valence-electron chi connectivity index (χ3n) is 5.22. The number of hydrogen-bond donors (Lipinski definition) is 3. The number of nitrogens with zero attached hydrogens (tertiary/aromatic N) is 4. The number of rotatable bonds is 6. The van der Waals surface area contributed by atoms with Crippen LogP contribution in [0.2, 0.25) is 0 Å². The van der Waals surface area contributed by atoms with Gasteiger partial charge in [0.1, 0.15) is 23.3 Å². The Morgan fingerprint density at radius 3 is 3.00 bits per heavy atom. The first-order valence-corrected chi connectivity index (χ1v) is 10.4. The minimum Gasteiger partial charge on any atom is -0.495 e. The number of carbonyl (C=O) groups is 1. The molecular weight excluding hydrogens is 410 g/mol. The molecule has 0 unspecified atom stereocenters. The van der Waals surface area contributed by atoms with Crippen molar-refractivity contribution in [3.8, 4) is 11.8 Å². The van der Waals surface area contributed by atoms with Crippen molar-refractivity contribution in [3.05, 3.63) is 35.5 Å². The van der Waals surface area contributed by atoms with Gasteiger partial charge < -0.3 is 30.0 Å². The van der Waals surface area contributed by atoms with Gasteiger partial charge in [-0.05, 0) is 32.0 Å². The van der Waals surface area contributed by atoms with Gasteiger partial charge >= 0.3 is 0 Å². The van der Waals surface area contributed by atoms with Crippen LogP contribution >= 0.6 is 0 Å². The highest BCUT2D eigenvalue weighted by Gasteiger charge is 2.23. The lowest BCUT2D eigenvalue weighted by molar-refractivity contribution is -0.0124. The number of ether oxygens (including phenoxy) is 2. The molecule has 1 aliphatic rings. The smallest absolute Gasteiger partial charge is 0.254 e. The van der Waals surface area contributed by atoms with Gasteiger partial charge in [0.05, 0.1) is 36.5 Å². The lowest BCUT2D eigenvalue weighted by Gasteiger charge is -2.31. The second kappa shape index (κ2) is 9.11.